The summed E-state index contributed by atoms with van der Waals surface area (Å²) in [7, 11) is -7.30. The summed E-state index contributed by atoms with van der Waals surface area (Å²) in [6.45, 7) is 2.33. The van der Waals surface area contributed by atoms with Crippen molar-refractivity contribution >= 4 is 48.5 Å². The van der Waals surface area contributed by atoms with Crippen LogP contribution in [0, 0.1) is 12.7 Å². The first-order valence-corrected chi connectivity index (χ1v) is 16.1. The fourth-order valence-electron chi connectivity index (χ4n) is 4.21. The Bertz CT molecular complexity index is 1870. The van der Waals surface area contributed by atoms with Crippen LogP contribution in [0.25, 0.3) is 10.9 Å². The van der Waals surface area contributed by atoms with E-state index >= 15 is 0 Å². The van der Waals surface area contributed by atoms with E-state index in [4.69, 9.17) is 9.92 Å². The van der Waals surface area contributed by atoms with Gasteiger partial charge in [-0.25, -0.2) is 22.6 Å². The number of nitrogens with zero attached hydrogens (tertiary/aromatic N) is 3. The molecule has 4 aromatic rings. The zero-order chi connectivity index (χ0) is 31.4. The molecule has 2 aromatic heterocycles. The molecule has 2 heterocycles. The summed E-state index contributed by atoms with van der Waals surface area (Å²) in [5.74, 6) is -3.29. The van der Waals surface area contributed by atoms with E-state index in [1.54, 1.807) is 25.1 Å². The van der Waals surface area contributed by atoms with Crippen molar-refractivity contribution in [3.8, 4) is 5.75 Å². The minimum absolute atomic E-state index is 0.0646. The van der Waals surface area contributed by atoms with Crippen LogP contribution in [0.15, 0.2) is 65.7 Å². The largest absolute Gasteiger partial charge is 0.476 e. The van der Waals surface area contributed by atoms with Gasteiger partial charge in [-0.1, -0.05) is 23.8 Å². The van der Waals surface area contributed by atoms with Crippen molar-refractivity contribution < 1.29 is 35.3 Å². The van der Waals surface area contributed by atoms with Crippen molar-refractivity contribution in [2.75, 3.05) is 29.0 Å². The number of carboxylic acid groups (broad SMARTS) is 1. The van der Waals surface area contributed by atoms with Gasteiger partial charge in [-0.15, -0.1) is 0 Å². The van der Waals surface area contributed by atoms with Crippen LogP contribution in [0.2, 0.25) is 0 Å². The maximum Gasteiger partial charge on any atom is 0.358 e. The number of rotatable bonds is 13. The predicted molar refractivity (Wildman–Crippen MR) is 160 cm³/mol. The van der Waals surface area contributed by atoms with Gasteiger partial charge in [-0.3, -0.25) is 9.29 Å². The molecule has 0 saturated carbocycles. The molecule has 0 aliphatic carbocycles. The summed E-state index contributed by atoms with van der Waals surface area (Å²) in [5, 5.41) is 13.0. The second-order valence-electron chi connectivity index (χ2n) is 9.59. The predicted octanol–water partition coefficient (Wildman–Crippen LogP) is 3.66. The highest BCUT2D eigenvalue weighted by Crippen LogP contribution is 2.36. The number of carboxylic acids is 1. The van der Waals surface area contributed by atoms with Crippen LogP contribution in [-0.2, 0) is 26.7 Å². The number of hydrogen-bond donors (Lipinski definition) is 3. The molecule has 0 radical (unpaired) electrons. The number of sulfonamides is 1. The number of aryl methyl sites for hydroxylation is 1. The number of aromatic nitrogens is 2. The SMILES string of the molecule is Cc1ccc(S(=O)(=O)Oc2c(C(=O)O)nc(N(C)S(=O)(=O)CCCCNc3cc(F)ccc3CN)c3cccnc23)cc1. The Morgan fingerprint density at radius 1 is 1.09 bits per heavy atom. The van der Waals surface area contributed by atoms with Crippen molar-refractivity contribution in [1.29, 1.82) is 0 Å². The highest BCUT2D eigenvalue weighted by molar-refractivity contribution is 7.92. The van der Waals surface area contributed by atoms with E-state index in [0.29, 0.717) is 24.2 Å². The first kappa shape index (κ1) is 31.6. The molecule has 0 saturated heterocycles. The molecule has 0 aliphatic rings. The summed E-state index contributed by atoms with van der Waals surface area (Å²) in [6.07, 6.45) is 1.91. The maximum absolute atomic E-state index is 13.6. The van der Waals surface area contributed by atoms with Crippen molar-refractivity contribution in [2.45, 2.75) is 31.2 Å². The van der Waals surface area contributed by atoms with Gasteiger partial charge in [-0.2, -0.15) is 8.42 Å². The van der Waals surface area contributed by atoms with E-state index < -0.39 is 43.4 Å². The average molecular weight is 632 g/mol. The quantitative estimate of drug-likeness (QED) is 0.145. The van der Waals surface area contributed by atoms with Crippen LogP contribution in [-0.4, -0.2) is 57.2 Å². The second-order valence-corrected chi connectivity index (χ2v) is 13.3. The van der Waals surface area contributed by atoms with Crippen LogP contribution in [0.1, 0.15) is 34.5 Å². The minimum Gasteiger partial charge on any atom is -0.476 e. The molecule has 4 rings (SSSR count). The molecule has 0 bridgehead atoms. The zero-order valence-corrected chi connectivity index (χ0v) is 25.0. The molecule has 43 heavy (non-hydrogen) atoms. The minimum atomic E-state index is -4.49. The van der Waals surface area contributed by atoms with Gasteiger partial charge in [0.15, 0.2) is 11.5 Å². The molecule has 0 atom stereocenters. The Hall–Kier alpha value is -4.34. The highest BCUT2D eigenvalue weighted by atomic mass is 32.2. The number of benzene rings is 2. The number of carbonyl (C=O) groups is 1. The van der Waals surface area contributed by atoms with Gasteiger partial charge in [0, 0.05) is 37.4 Å². The summed E-state index contributed by atoms with van der Waals surface area (Å²) < 4.78 is 72.3. The lowest BCUT2D eigenvalue weighted by Crippen LogP contribution is -2.31. The lowest BCUT2D eigenvalue weighted by atomic mass is 10.1. The molecule has 2 aromatic carbocycles. The molecule has 0 fully saturated rings. The molecular weight excluding hydrogens is 601 g/mol. The van der Waals surface area contributed by atoms with E-state index in [9.17, 15) is 31.1 Å². The van der Waals surface area contributed by atoms with Crippen LogP contribution in [0.4, 0.5) is 15.9 Å². The zero-order valence-electron chi connectivity index (χ0n) is 23.3. The van der Waals surface area contributed by atoms with Gasteiger partial charge in [0.25, 0.3) is 0 Å². The number of nitrogens with two attached hydrogens (primary N) is 1. The topological polar surface area (TPSA) is 182 Å². The van der Waals surface area contributed by atoms with Gasteiger partial charge in [-0.05, 0) is 61.7 Å². The molecule has 228 valence electrons. The standard InChI is InChI=1S/C28H30FN5O7S2/c1-18-7-11-21(12-8-18)43(39,40)41-26-24-22(6-5-14-32-24)27(33-25(26)28(35)36)34(2)42(37,38)15-4-3-13-31-23-16-20(29)10-9-19(23)17-30/h5-12,14,16,31H,3-4,13,15,17,30H2,1-2H3,(H,35,36). The third-order valence-corrected chi connectivity index (χ3v) is 9.60. The Morgan fingerprint density at radius 2 is 1.81 bits per heavy atom. The maximum atomic E-state index is 13.6. The number of hydrogen-bond acceptors (Lipinski definition) is 10. The number of fused-ring (bicyclic) bond motifs is 1. The van der Waals surface area contributed by atoms with E-state index in [2.05, 4.69) is 15.3 Å². The number of pyridine rings is 2. The normalized spacial score (nSPS) is 11.8. The van der Waals surface area contributed by atoms with Crippen molar-refractivity contribution in [3.63, 3.8) is 0 Å². The number of nitrogens with one attached hydrogen (secondary N) is 1. The summed E-state index contributed by atoms with van der Waals surface area (Å²) in [5.41, 5.74) is 6.71. The summed E-state index contributed by atoms with van der Waals surface area (Å²) in [4.78, 5) is 20.1. The fraction of sp³-hybridized carbons (Fsp3) is 0.250. The van der Waals surface area contributed by atoms with E-state index in [-0.39, 0.29) is 40.3 Å². The Kier molecular flexibility index (Phi) is 9.47. The van der Waals surface area contributed by atoms with E-state index in [1.807, 2.05) is 0 Å². The fourth-order valence-corrected chi connectivity index (χ4v) is 6.40. The lowest BCUT2D eigenvalue weighted by Gasteiger charge is -2.21. The van der Waals surface area contributed by atoms with Crippen LogP contribution >= 0.6 is 0 Å². The van der Waals surface area contributed by atoms with E-state index in [1.165, 1.54) is 49.6 Å². The van der Waals surface area contributed by atoms with Gasteiger partial charge < -0.3 is 20.3 Å². The number of aromatic carboxylic acids is 1. The Balaban J connectivity index is 1.58. The molecule has 0 aliphatic heterocycles. The van der Waals surface area contributed by atoms with Crippen molar-refractivity contribution in [2.24, 2.45) is 5.73 Å². The van der Waals surface area contributed by atoms with Crippen molar-refractivity contribution in [3.05, 3.63) is 83.4 Å². The second kappa shape index (κ2) is 12.9. The first-order chi connectivity index (χ1) is 20.3. The van der Waals surface area contributed by atoms with Gasteiger partial charge in [0.2, 0.25) is 15.8 Å². The number of anilines is 2. The van der Waals surface area contributed by atoms with Gasteiger partial charge in [0.1, 0.15) is 16.2 Å². The van der Waals surface area contributed by atoms with Crippen LogP contribution in [0.5, 0.6) is 5.75 Å². The third kappa shape index (κ3) is 7.18. The molecular formula is C28H30FN5O7S2. The first-order valence-electron chi connectivity index (χ1n) is 13.1. The Labute approximate surface area is 248 Å². The summed E-state index contributed by atoms with van der Waals surface area (Å²) >= 11 is 0. The van der Waals surface area contributed by atoms with Gasteiger partial charge in [0.05, 0.1) is 5.75 Å². The molecule has 4 N–H and O–H groups in total. The van der Waals surface area contributed by atoms with Crippen LogP contribution in [0.3, 0.4) is 0 Å². The highest BCUT2D eigenvalue weighted by Gasteiger charge is 2.30. The van der Waals surface area contributed by atoms with Crippen molar-refractivity contribution in [1.82, 2.24) is 9.97 Å². The number of unbranched alkanes of at least 4 members (excludes halogenated alkanes) is 1. The lowest BCUT2D eigenvalue weighted by molar-refractivity contribution is 0.0689. The number of halogens is 1. The smallest absolute Gasteiger partial charge is 0.358 e. The van der Waals surface area contributed by atoms with Gasteiger partial charge >= 0.3 is 16.1 Å². The molecule has 0 unspecified atom stereocenters. The average Bonchev–Trinajstić information content (AvgIpc) is 2.96. The van der Waals surface area contributed by atoms with Crippen LogP contribution < -0.4 is 19.5 Å². The molecule has 0 amide bonds. The van der Waals surface area contributed by atoms with E-state index in [0.717, 1.165) is 9.87 Å². The monoisotopic (exact) mass is 631 g/mol. The molecule has 0 spiro atoms. The Morgan fingerprint density at radius 3 is 2.49 bits per heavy atom. The summed E-state index contributed by atoms with van der Waals surface area (Å²) in [6, 6.07) is 12.8. The molecule has 12 nitrogen and oxygen atoms in total. The third-order valence-electron chi connectivity index (χ3n) is 6.55. The molecule has 15 heteroatoms.